The quantitative estimate of drug-likeness (QED) is 0.906. The van der Waals surface area contributed by atoms with Crippen molar-refractivity contribution in [3.8, 4) is 0 Å². The van der Waals surface area contributed by atoms with Gasteiger partial charge >= 0.3 is 0 Å². The van der Waals surface area contributed by atoms with Crippen LogP contribution in [0.1, 0.15) is 28.8 Å². The first kappa shape index (κ1) is 17.5. The number of rotatable bonds is 5. The first-order chi connectivity index (χ1) is 12.1. The molecule has 1 fully saturated rings. The minimum absolute atomic E-state index is 0.0521. The van der Waals surface area contributed by atoms with Gasteiger partial charge in [0.1, 0.15) is 17.2 Å². The molecular weight excluding hydrogens is 324 g/mol. The third-order valence-electron chi connectivity index (χ3n) is 4.58. The zero-order valence-electron chi connectivity index (χ0n) is 13.9. The molecule has 4 nitrogen and oxygen atoms in total. The fraction of sp³-hybridized carbons (Fsp3) is 0.368. The molecule has 0 atom stereocenters. The van der Waals surface area contributed by atoms with Crippen LogP contribution in [-0.2, 0) is 6.42 Å². The van der Waals surface area contributed by atoms with Crippen molar-refractivity contribution in [1.82, 2.24) is 15.2 Å². The predicted octanol–water partition coefficient (Wildman–Crippen LogP) is 2.80. The van der Waals surface area contributed by atoms with Crippen LogP contribution in [0.25, 0.3) is 0 Å². The molecule has 1 aliphatic rings. The van der Waals surface area contributed by atoms with Crippen molar-refractivity contribution >= 4 is 5.91 Å². The van der Waals surface area contributed by atoms with Crippen molar-refractivity contribution in [3.05, 3.63) is 65.5 Å². The molecule has 1 aliphatic heterocycles. The number of carbonyl (C=O) groups excluding carboxylic acids is 1. The summed E-state index contributed by atoms with van der Waals surface area (Å²) < 4.78 is 27.3. The summed E-state index contributed by atoms with van der Waals surface area (Å²) in [6.45, 7) is 2.66. The van der Waals surface area contributed by atoms with E-state index >= 15 is 0 Å². The van der Waals surface area contributed by atoms with E-state index in [1.807, 2.05) is 12.1 Å². The van der Waals surface area contributed by atoms with Crippen molar-refractivity contribution in [2.24, 2.45) is 0 Å². The van der Waals surface area contributed by atoms with Gasteiger partial charge in [0.05, 0.1) is 0 Å². The molecule has 1 aromatic carbocycles. The summed E-state index contributed by atoms with van der Waals surface area (Å²) in [6, 6.07) is 7.41. The maximum atomic E-state index is 13.7. The Bertz CT molecular complexity index is 696. The lowest BCUT2D eigenvalue weighted by atomic mass is 10.0. The lowest BCUT2D eigenvalue weighted by molar-refractivity contribution is 0.0903. The van der Waals surface area contributed by atoms with Crippen molar-refractivity contribution in [2.75, 3.05) is 19.6 Å². The molecule has 1 N–H and O–H groups in total. The number of halogens is 2. The highest BCUT2D eigenvalue weighted by Gasteiger charge is 2.23. The van der Waals surface area contributed by atoms with Gasteiger partial charge in [0.15, 0.2) is 0 Å². The number of hydrogen-bond donors (Lipinski definition) is 1. The molecule has 0 saturated carbocycles. The van der Waals surface area contributed by atoms with E-state index < -0.39 is 23.1 Å². The summed E-state index contributed by atoms with van der Waals surface area (Å²) in [7, 11) is 0. The Hall–Kier alpha value is -2.34. The van der Waals surface area contributed by atoms with Gasteiger partial charge in [0, 0.05) is 38.1 Å². The van der Waals surface area contributed by atoms with Gasteiger partial charge in [-0.15, -0.1) is 0 Å². The van der Waals surface area contributed by atoms with Crippen LogP contribution in [0.5, 0.6) is 0 Å². The van der Waals surface area contributed by atoms with Crippen LogP contribution in [0, 0.1) is 11.6 Å². The molecule has 0 spiro atoms. The summed E-state index contributed by atoms with van der Waals surface area (Å²) in [4.78, 5) is 18.5. The molecule has 2 heterocycles. The van der Waals surface area contributed by atoms with E-state index in [1.165, 1.54) is 11.6 Å². The smallest absolute Gasteiger partial charge is 0.257 e. The van der Waals surface area contributed by atoms with Crippen molar-refractivity contribution < 1.29 is 13.6 Å². The summed E-state index contributed by atoms with van der Waals surface area (Å²) in [5.41, 5.74) is 0.753. The van der Waals surface area contributed by atoms with Crippen LogP contribution in [0.15, 0.2) is 42.7 Å². The zero-order chi connectivity index (χ0) is 17.6. The Kier molecular flexibility index (Phi) is 5.71. The van der Waals surface area contributed by atoms with E-state index in [1.54, 1.807) is 12.4 Å². The first-order valence-corrected chi connectivity index (χ1v) is 8.49. The SMILES string of the molecule is O=C(NC1CCN(CCc2ccncc2)CC1)c1c(F)cccc1F. The second-order valence-corrected chi connectivity index (χ2v) is 6.29. The Morgan fingerprint density at radius 2 is 1.76 bits per heavy atom. The molecule has 0 unspecified atom stereocenters. The number of carbonyl (C=O) groups is 1. The summed E-state index contributed by atoms with van der Waals surface area (Å²) in [6.07, 6.45) is 6.09. The molecule has 1 amide bonds. The number of likely N-dealkylation sites (tertiary alicyclic amines) is 1. The zero-order valence-corrected chi connectivity index (χ0v) is 13.9. The number of amides is 1. The number of piperidine rings is 1. The van der Waals surface area contributed by atoms with Crippen molar-refractivity contribution in [3.63, 3.8) is 0 Å². The van der Waals surface area contributed by atoms with Gasteiger partial charge in [-0.25, -0.2) is 8.78 Å². The van der Waals surface area contributed by atoms with Crippen LogP contribution in [-0.4, -0.2) is 41.5 Å². The second kappa shape index (κ2) is 8.16. The third-order valence-corrected chi connectivity index (χ3v) is 4.58. The molecule has 0 aliphatic carbocycles. The van der Waals surface area contributed by atoms with Gasteiger partial charge in [-0.3, -0.25) is 9.78 Å². The van der Waals surface area contributed by atoms with E-state index in [0.717, 1.165) is 51.0 Å². The highest BCUT2D eigenvalue weighted by atomic mass is 19.1. The maximum Gasteiger partial charge on any atom is 0.257 e. The number of aromatic nitrogens is 1. The standard InChI is InChI=1S/C19H21F2N3O/c20-16-2-1-3-17(21)18(16)19(25)23-15-7-12-24(13-8-15)11-6-14-4-9-22-10-5-14/h1-5,9-10,15H,6-8,11-13H2,(H,23,25). The average molecular weight is 345 g/mol. The third kappa shape index (κ3) is 4.60. The summed E-state index contributed by atoms with van der Waals surface area (Å²) in [5.74, 6) is -2.33. The first-order valence-electron chi connectivity index (χ1n) is 8.49. The maximum absolute atomic E-state index is 13.7. The fourth-order valence-corrected chi connectivity index (χ4v) is 3.11. The Morgan fingerprint density at radius 1 is 1.12 bits per heavy atom. The fourth-order valence-electron chi connectivity index (χ4n) is 3.11. The largest absolute Gasteiger partial charge is 0.349 e. The number of pyridine rings is 1. The van der Waals surface area contributed by atoms with Crippen molar-refractivity contribution in [2.45, 2.75) is 25.3 Å². The normalized spacial score (nSPS) is 15.9. The molecule has 0 radical (unpaired) electrons. The monoisotopic (exact) mass is 345 g/mol. The van der Waals surface area contributed by atoms with Crippen LogP contribution < -0.4 is 5.32 Å². The van der Waals surface area contributed by atoms with Gasteiger partial charge in [-0.1, -0.05) is 6.07 Å². The highest BCUT2D eigenvalue weighted by Crippen LogP contribution is 2.15. The summed E-state index contributed by atoms with van der Waals surface area (Å²) in [5, 5.41) is 2.76. The molecule has 3 rings (SSSR count). The molecule has 1 aromatic heterocycles. The van der Waals surface area contributed by atoms with Gasteiger partial charge < -0.3 is 10.2 Å². The molecular formula is C19H21F2N3O. The van der Waals surface area contributed by atoms with E-state index in [9.17, 15) is 13.6 Å². The summed E-state index contributed by atoms with van der Waals surface area (Å²) >= 11 is 0. The Morgan fingerprint density at radius 3 is 2.40 bits per heavy atom. The highest BCUT2D eigenvalue weighted by molar-refractivity contribution is 5.94. The van der Waals surface area contributed by atoms with Gasteiger partial charge in [-0.05, 0) is 49.1 Å². The van der Waals surface area contributed by atoms with Crippen molar-refractivity contribution in [1.29, 1.82) is 0 Å². The van der Waals surface area contributed by atoms with Crippen LogP contribution in [0.3, 0.4) is 0 Å². The predicted molar refractivity (Wildman–Crippen MR) is 91.2 cm³/mol. The topological polar surface area (TPSA) is 45.2 Å². The second-order valence-electron chi connectivity index (χ2n) is 6.29. The number of nitrogens with zero attached hydrogens (tertiary/aromatic N) is 2. The van der Waals surface area contributed by atoms with E-state index in [-0.39, 0.29) is 6.04 Å². The van der Waals surface area contributed by atoms with Gasteiger partial charge in [0.25, 0.3) is 5.91 Å². The van der Waals surface area contributed by atoms with E-state index in [0.29, 0.717) is 0 Å². The van der Waals surface area contributed by atoms with Crippen LogP contribution >= 0.6 is 0 Å². The number of benzene rings is 1. The average Bonchev–Trinajstić information content (AvgIpc) is 2.62. The van der Waals surface area contributed by atoms with Gasteiger partial charge in [-0.2, -0.15) is 0 Å². The van der Waals surface area contributed by atoms with Crippen LogP contribution in [0.2, 0.25) is 0 Å². The lowest BCUT2D eigenvalue weighted by Crippen LogP contribution is -2.45. The number of nitrogens with one attached hydrogen (secondary N) is 1. The molecule has 1 saturated heterocycles. The van der Waals surface area contributed by atoms with E-state index in [2.05, 4.69) is 15.2 Å². The Labute approximate surface area is 145 Å². The molecule has 132 valence electrons. The van der Waals surface area contributed by atoms with Gasteiger partial charge in [0.2, 0.25) is 0 Å². The number of hydrogen-bond acceptors (Lipinski definition) is 3. The molecule has 25 heavy (non-hydrogen) atoms. The minimum atomic E-state index is -0.827. The van der Waals surface area contributed by atoms with Crippen LogP contribution in [0.4, 0.5) is 8.78 Å². The Balaban J connectivity index is 1.47. The minimum Gasteiger partial charge on any atom is -0.349 e. The lowest BCUT2D eigenvalue weighted by Gasteiger charge is -2.32. The molecule has 2 aromatic rings. The molecule has 6 heteroatoms. The molecule has 0 bridgehead atoms. The van der Waals surface area contributed by atoms with E-state index in [4.69, 9.17) is 0 Å².